The Bertz CT molecular complexity index is 550. The van der Waals surface area contributed by atoms with Crippen molar-refractivity contribution in [2.45, 2.75) is 24.7 Å². The Labute approximate surface area is 124 Å². The van der Waals surface area contributed by atoms with Gasteiger partial charge in [0.05, 0.1) is 13.2 Å². The van der Waals surface area contributed by atoms with Crippen LogP contribution >= 0.6 is 0 Å². The molecule has 2 aromatic rings. The van der Waals surface area contributed by atoms with Crippen molar-refractivity contribution >= 4 is 0 Å². The Hall–Kier alpha value is -1.71. The Kier molecular flexibility index (Phi) is 5.48. The molecule has 0 amide bonds. The fourth-order valence-electron chi connectivity index (χ4n) is 2.68. The fraction of sp³-hybridized carbons (Fsp3) is 0.333. The van der Waals surface area contributed by atoms with Crippen LogP contribution in [0.1, 0.15) is 24.0 Å². The third-order valence-corrected chi connectivity index (χ3v) is 4.01. The molecule has 0 spiro atoms. The van der Waals surface area contributed by atoms with Gasteiger partial charge in [0, 0.05) is 5.41 Å². The molecule has 21 heavy (non-hydrogen) atoms. The predicted octanol–water partition coefficient (Wildman–Crippen LogP) is 3.07. The number of rotatable bonds is 7. The van der Waals surface area contributed by atoms with E-state index in [0.717, 1.165) is 12.8 Å². The molecular weight excluding hydrogens is 267 g/mol. The molecule has 2 rings (SSSR count). The summed E-state index contributed by atoms with van der Waals surface area (Å²) in [5.74, 6) is -0.375. The maximum atomic E-state index is 14.0. The molecule has 0 aliphatic carbocycles. The Morgan fingerprint density at radius 2 is 1.48 bits per heavy atom. The zero-order valence-corrected chi connectivity index (χ0v) is 12.0. The first-order valence-corrected chi connectivity index (χ1v) is 7.22. The summed E-state index contributed by atoms with van der Waals surface area (Å²) >= 11 is 0. The molecule has 112 valence electrons. The average molecular weight is 288 g/mol. The van der Waals surface area contributed by atoms with E-state index in [-0.39, 0.29) is 19.0 Å². The number of aryl methyl sites for hydroxylation is 1. The molecular formula is C18H21FO2. The number of aliphatic hydroxyl groups excluding tert-OH is 2. The van der Waals surface area contributed by atoms with Crippen LogP contribution in [0.3, 0.4) is 0 Å². The maximum absolute atomic E-state index is 14.0. The van der Waals surface area contributed by atoms with Crippen molar-refractivity contribution < 1.29 is 14.6 Å². The van der Waals surface area contributed by atoms with Gasteiger partial charge < -0.3 is 10.2 Å². The smallest absolute Gasteiger partial charge is 0.127 e. The van der Waals surface area contributed by atoms with Gasteiger partial charge in [-0.25, -0.2) is 4.39 Å². The molecule has 3 heteroatoms. The van der Waals surface area contributed by atoms with E-state index in [1.165, 1.54) is 11.6 Å². The van der Waals surface area contributed by atoms with Crippen LogP contribution in [0.15, 0.2) is 54.6 Å². The second-order valence-electron chi connectivity index (χ2n) is 5.42. The molecule has 2 aromatic carbocycles. The molecule has 0 aliphatic heterocycles. The van der Waals surface area contributed by atoms with Crippen molar-refractivity contribution in [2.75, 3.05) is 13.2 Å². The molecule has 0 radical (unpaired) electrons. The number of halogens is 1. The third kappa shape index (κ3) is 3.69. The first kappa shape index (κ1) is 15.7. The predicted molar refractivity (Wildman–Crippen MR) is 81.6 cm³/mol. The van der Waals surface area contributed by atoms with Gasteiger partial charge in [0.2, 0.25) is 0 Å². The summed E-state index contributed by atoms with van der Waals surface area (Å²) in [5, 5.41) is 19.4. The van der Waals surface area contributed by atoms with Crippen molar-refractivity contribution in [1.82, 2.24) is 0 Å². The topological polar surface area (TPSA) is 40.5 Å². The van der Waals surface area contributed by atoms with E-state index in [9.17, 15) is 14.6 Å². The van der Waals surface area contributed by atoms with Gasteiger partial charge in [0.1, 0.15) is 5.82 Å². The molecule has 0 saturated carbocycles. The summed E-state index contributed by atoms with van der Waals surface area (Å²) in [6.45, 7) is -0.529. The van der Waals surface area contributed by atoms with Crippen LogP contribution in [0.4, 0.5) is 4.39 Å². The van der Waals surface area contributed by atoms with Crippen LogP contribution < -0.4 is 0 Å². The maximum Gasteiger partial charge on any atom is 0.127 e. The highest BCUT2D eigenvalue weighted by Gasteiger charge is 2.32. The van der Waals surface area contributed by atoms with Crippen LogP contribution in [0.2, 0.25) is 0 Å². The number of aliphatic hydroxyl groups is 2. The van der Waals surface area contributed by atoms with E-state index in [2.05, 4.69) is 0 Å². The highest BCUT2D eigenvalue weighted by Crippen LogP contribution is 2.31. The fourth-order valence-corrected chi connectivity index (χ4v) is 2.68. The van der Waals surface area contributed by atoms with Crippen molar-refractivity contribution in [3.05, 3.63) is 71.5 Å². The quantitative estimate of drug-likeness (QED) is 0.822. The SMILES string of the molecule is OCC(CO)(CCCc1ccccc1)c1ccccc1F. The third-order valence-electron chi connectivity index (χ3n) is 4.01. The Morgan fingerprint density at radius 3 is 2.10 bits per heavy atom. The average Bonchev–Trinajstić information content (AvgIpc) is 2.54. The monoisotopic (exact) mass is 288 g/mol. The lowest BCUT2D eigenvalue weighted by Gasteiger charge is -2.30. The van der Waals surface area contributed by atoms with Crippen molar-refractivity contribution in [2.24, 2.45) is 0 Å². The molecule has 0 atom stereocenters. The van der Waals surface area contributed by atoms with E-state index in [1.807, 2.05) is 30.3 Å². The highest BCUT2D eigenvalue weighted by atomic mass is 19.1. The first-order valence-electron chi connectivity index (χ1n) is 7.22. The molecule has 2 N–H and O–H groups in total. The molecule has 2 nitrogen and oxygen atoms in total. The first-order chi connectivity index (χ1) is 10.2. The Morgan fingerprint density at radius 1 is 0.857 bits per heavy atom. The van der Waals surface area contributed by atoms with Gasteiger partial charge in [-0.2, -0.15) is 0 Å². The molecule has 0 saturated heterocycles. The summed E-state index contributed by atoms with van der Waals surface area (Å²) in [7, 11) is 0. The number of hydrogen-bond donors (Lipinski definition) is 2. The summed E-state index contributed by atoms with van der Waals surface area (Å²) in [6, 6.07) is 16.4. The second-order valence-corrected chi connectivity index (χ2v) is 5.42. The summed E-state index contributed by atoms with van der Waals surface area (Å²) < 4.78 is 14.0. The second kappa shape index (κ2) is 7.34. The van der Waals surface area contributed by atoms with Gasteiger partial charge in [-0.15, -0.1) is 0 Å². The van der Waals surface area contributed by atoms with Gasteiger partial charge in [-0.1, -0.05) is 48.5 Å². The molecule has 0 bridgehead atoms. The lowest BCUT2D eigenvalue weighted by atomic mass is 9.77. The lowest BCUT2D eigenvalue weighted by molar-refractivity contribution is 0.105. The minimum absolute atomic E-state index is 0.265. The lowest BCUT2D eigenvalue weighted by Crippen LogP contribution is -2.36. The van der Waals surface area contributed by atoms with E-state index in [0.29, 0.717) is 12.0 Å². The zero-order chi connectivity index (χ0) is 15.1. The summed E-state index contributed by atoms with van der Waals surface area (Å²) in [4.78, 5) is 0. The summed E-state index contributed by atoms with van der Waals surface area (Å²) in [5.41, 5.74) is 0.680. The number of hydrogen-bond acceptors (Lipinski definition) is 2. The van der Waals surface area contributed by atoms with Crippen molar-refractivity contribution in [3.8, 4) is 0 Å². The Balaban J connectivity index is 2.10. The standard InChI is InChI=1S/C18H21FO2/c19-17-11-5-4-10-16(17)18(13-20,14-21)12-6-9-15-7-2-1-3-8-15/h1-5,7-8,10-11,20-21H,6,9,12-14H2. The van der Waals surface area contributed by atoms with Gasteiger partial charge >= 0.3 is 0 Å². The minimum atomic E-state index is -0.917. The normalized spacial score (nSPS) is 11.6. The molecule has 0 aromatic heterocycles. The van der Waals surface area contributed by atoms with Crippen LogP contribution in [0, 0.1) is 5.82 Å². The molecule has 0 heterocycles. The summed E-state index contributed by atoms with van der Waals surface area (Å²) in [6.07, 6.45) is 2.16. The van der Waals surface area contributed by atoms with Gasteiger partial charge in [-0.05, 0) is 36.5 Å². The highest BCUT2D eigenvalue weighted by molar-refractivity contribution is 5.27. The van der Waals surface area contributed by atoms with Crippen LogP contribution in [-0.4, -0.2) is 23.4 Å². The van der Waals surface area contributed by atoms with Crippen LogP contribution in [0.5, 0.6) is 0 Å². The van der Waals surface area contributed by atoms with Gasteiger partial charge in [-0.3, -0.25) is 0 Å². The van der Waals surface area contributed by atoms with Crippen molar-refractivity contribution in [1.29, 1.82) is 0 Å². The van der Waals surface area contributed by atoms with Gasteiger partial charge in [0.15, 0.2) is 0 Å². The van der Waals surface area contributed by atoms with Gasteiger partial charge in [0.25, 0.3) is 0 Å². The number of benzene rings is 2. The van der Waals surface area contributed by atoms with E-state index < -0.39 is 5.41 Å². The van der Waals surface area contributed by atoms with E-state index in [4.69, 9.17) is 0 Å². The molecule has 0 unspecified atom stereocenters. The molecule has 0 aliphatic rings. The van der Waals surface area contributed by atoms with E-state index in [1.54, 1.807) is 18.2 Å². The van der Waals surface area contributed by atoms with E-state index >= 15 is 0 Å². The largest absolute Gasteiger partial charge is 0.395 e. The van der Waals surface area contributed by atoms with Crippen LogP contribution in [0.25, 0.3) is 0 Å². The van der Waals surface area contributed by atoms with Crippen LogP contribution in [-0.2, 0) is 11.8 Å². The molecule has 0 fully saturated rings. The zero-order valence-electron chi connectivity index (χ0n) is 12.0. The minimum Gasteiger partial charge on any atom is -0.395 e. The van der Waals surface area contributed by atoms with Crippen molar-refractivity contribution in [3.63, 3.8) is 0 Å².